The number of carbonyl (C=O) groups excluding carboxylic acids is 1. The van der Waals surface area contributed by atoms with E-state index < -0.39 is 0 Å². The quantitative estimate of drug-likeness (QED) is 0.666. The summed E-state index contributed by atoms with van der Waals surface area (Å²) in [5, 5.41) is 12.3. The van der Waals surface area contributed by atoms with Crippen molar-refractivity contribution in [2.45, 2.75) is 45.8 Å². The van der Waals surface area contributed by atoms with Crippen molar-refractivity contribution >= 4 is 5.78 Å². The molecule has 0 bridgehead atoms. The predicted molar refractivity (Wildman–Crippen MR) is 51.5 cm³/mol. The summed E-state index contributed by atoms with van der Waals surface area (Å²) < 4.78 is 0. The summed E-state index contributed by atoms with van der Waals surface area (Å²) in [7, 11) is 0. The molecule has 1 heterocycles. The van der Waals surface area contributed by atoms with Crippen molar-refractivity contribution in [2.24, 2.45) is 5.41 Å². The smallest absolute Gasteiger partial charge is 0.150 e. The second-order valence-electron chi connectivity index (χ2n) is 5.05. The number of hydrogen-bond donors (Lipinski definition) is 2. The summed E-state index contributed by atoms with van der Waals surface area (Å²) in [6, 6.07) is -0.116. The maximum absolute atomic E-state index is 11.6. The molecule has 2 unspecified atom stereocenters. The Morgan fingerprint density at radius 3 is 2.54 bits per heavy atom. The molecule has 0 aromatic rings. The highest BCUT2D eigenvalue weighted by Gasteiger charge is 2.29. The Morgan fingerprint density at radius 1 is 1.54 bits per heavy atom. The predicted octanol–water partition coefficient (Wildman–Crippen LogP) is 0.714. The Balaban J connectivity index is 2.41. The van der Waals surface area contributed by atoms with Gasteiger partial charge in [-0.05, 0) is 11.8 Å². The molecule has 3 heteroatoms. The Bertz CT molecular complexity index is 196. The van der Waals surface area contributed by atoms with Crippen LogP contribution in [0, 0.1) is 5.41 Å². The number of Topliss-reactive ketones (excluding diaryl/α,β-unsaturated/α-hetero) is 1. The molecule has 1 fully saturated rings. The first-order valence-corrected chi connectivity index (χ1v) is 4.83. The summed E-state index contributed by atoms with van der Waals surface area (Å²) >= 11 is 0. The third kappa shape index (κ3) is 3.44. The number of ketones is 1. The van der Waals surface area contributed by atoms with Crippen molar-refractivity contribution < 1.29 is 9.90 Å². The molecule has 76 valence electrons. The topological polar surface area (TPSA) is 49.3 Å². The minimum atomic E-state index is -0.339. The largest absolute Gasteiger partial charge is 0.392 e. The zero-order chi connectivity index (χ0) is 10.1. The van der Waals surface area contributed by atoms with E-state index in [1.807, 2.05) is 0 Å². The first-order valence-electron chi connectivity index (χ1n) is 4.83. The lowest BCUT2D eigenvalue weighted by Crippen LogP contribution is -2.33. The first-order chi connectivity index (χ1) is 5.88. The van der Waals surface area contributed by atoms with Crippen molar-refractivity contribution in [3.05, 3.63) is 0 Å². The van der Waals surface area contributed by atoms with Crippen LogP contribution < -0.4 is 5.32 Å². The number of hydrogen-bond acceptors (Lipinski definition) is 3. The van der Waals surface area contributed by atoms with Crippen LogP contribution in [0.1, 0.15) is 33.6 Å². The van der Waals surface area contributed by atoms with Crippen molar-refractivity contribution in [3.8, 4) is 0 Å². The van der Waals surface area contributed by atoms with E-state index in [1.54, 1.807) is 0 Å². The molecule has 13 heavy (non-hydrogen) atoms. The van der Waals surface area contributed by atoms with Gasteiger partial charge in [-0.1, -0.05) is 20.8 Å². The summed E-state index contributed by atoms with van der Waals surface area (Å²) in [5.41, 5.74) is 0.0479. The van der Waals surface area contributed by atoms with Crippen LogP contribution in [-0.2, 0) is 4.79 Å². The monoisotopic (exact) mass is 185 g/mol. The van der Waals surface area contributed by atoms with E-state index in [4.69, 9.17) is 0 Å². The highest BCUT2D eigenvalue weighted by Crippen LogP contribution is 2.21. The fourth-order valence-corrected chi connectivity index (χ4v) is 1.61. The zero-order valence-electron chi connectivity index (χ0n) is 8.63. The minimum Gasteiger partial charge on any atom is -0.392 e. The molecule has 0 aromatic heterocycles. The molecule has 0 aromatic carbocycles. The molecular weight excluding hydrogens is 166 g/mol. The van der Waals surface area contributed by atoms with E-state index in [1.165, 1.54) is 0 Å². The van der Waals surface area contributed by atoms with Gasteiger partial charge in [0.15, 0.2) is 0 Å². The molecule has 0 saturated carbocycles. The van der Waals surface area contributed by atoms with Crippen LogP contribution in [0.4, 0.5) is 0 Å². The normalized spacial score (nSPS) is 29.2. The number of aliphatic hydroxyl groups excluding tert-OH is 1. The van der Waals surface area contributed by atoms with E-state index in [0.29, 0.717) is 19.4 Å². The van der Waals surface area contributed by atoms with E-state index >= 15 is 0 Å². The molecule has 0 radical (unpaired) electrons. The van der Waals surface area contributed by atoms with Gasteiger partial charge in [-0.3, -0.25) is 4.79 Å². The Hall–Kier alpha value is -0.410. The Morgan fingerprint density at radius 2 is 2.15 bits per heavy atom. The molecule has 1 aliphatic rings. The van der Waals surface area contributed by atoms with Crippen LogP contribution in [0.3, 0.4) is 0 Å². The fourth-order valence-electron chi connectivity index (χ4n) is 1.61. The fraction of sp³-hybridized carbons (Fsp3) is 0.900. The lowest BCUT2D eigenvalue weighted by molar-refractivity contribution is -0.122. The highest BCUT2D eigenvalue weighted by atomic mass is 16.3. The maximum Gasteiger partial charge on any atom is 0.150 e. The van der Waals surface area contributed by atoms with Crippen LogP contribution in [0.5, 0.6) is 0 Å². The third-order valence-corrected chi connectivity index (χ3v) is 2.20. The molecular formula is C10H19NO2. The molecule has 3 nitrogen and oxygen atoms in total. The van der Waals surface area contributed by atoms with Crippen LogP contribution in [0.15, 0.2) is 0 Å². The summed E-state index contributed by atoms with van der Waals surface area (Å²) in [6.07, 6.45) is 0.820. The number of nitrogens with one attached hydrogen (secondary N) is 1. The Kier molecular flexibility index (Phi) is 3.09. The molecule has 1 rings (SSSR count). The zero-order valence-corrected chi connectivity index (χ0v) is 8.63. The molecule has 2 N–H and O–H groups in total. The SMILES string of the molecule is CC(C)(C)CC(=O)C1CC(O)CN1. The first kappa shape index (κ1) is 10.7. The molecule has 0 amide bonds. The van der Waals surface area contributed by atoms with E-state index in [-0.39, 0.29) is 23.3 Å². The average molecular weight is 185 g/mol. The van der Waals surface area contributed by atoms with Gasteiger partial charge >= 0.3 is 0 Å². The van der Waals surface area contributed by atoms with Gasteiger partial charge in [-0.25, -0.2) is 0 Å². The van der Waals surface area contributed by atoms with Crippen molar-refractivity contribution in [1.82, 2.24) is 5.32 Å². The van der Waals surface area contributed by atoms with Crippen LogP contribution in [0.25, 0.3) is 0 Å². The Labute approximate surface area is 79.5 Å². The highest BCUT2D eigenvalue weighted by molar-refractivity contribution is 5.84. The molecule has 2 atom stereocenters. The van der Waals surface area contributed by atoms with Gasteiger partial charge < -0.3 is 10.4 Å². The second-order valence-corrected chi connectivity index (χ2v) is 5.05. The number of rotatable bonds is 2. The number of aliphatic hydroxyl groups is 1. The molecule has 0 spiro atoms. The summed E-state index contributed by atoms with van der Waals surface area (Å²) in [5.74, 6) is 0.226. The number of carbonyl (C=O) groups is 1. The van der Waals surface area contributed by atoms with Gasteiger partial charge in [0, 0.05) is 13.0 Å². The standard InChI is InChI=1S/C10H19NO2/c1-10(2,3)5-9(13)8-4-7(12)6-11-8/h7-8,11-12H,4-6H2,1-3H3. The van der Waals surface area contributed by atoms with Crippen LogP contribution in [-0.4, -0.2) is 29.6 Å². The minimum absolute atomic E-state index is 0.0479. The number of β-amino-alcohol motifs (C(OH)–C–C–N with tert-alkyl or cyclic N) is 1. The van der Waals surface area contributed by atoms with Gasteiger partial charge in [-0.15, -0.1) is 0 Å². The van der Waals surface area contributed by atoms with E-state index in [0.717, 1.165) is 0 Å². The average Bonchev–Trinajstić information content (AvgIpc) is 2.31. The van der Waals surface area contributed by atoms with Crippen LogP contribution in [0.2, 0.25) is 0 Å². The lowest BCUT2D eigenvalue weighted by atomic mass is 9.87. The van der Waals surface area contributed by atoms with E-state index in [9.17, 15) is 9.90 Å². The van der Waals surface area contributed by atoms with Crippen molar-refractivity contribution in [2.75, 3.05) is 6.54 Å². The maximum atomic E-state index is 11.6. The molecule has 1 aliphatic heterocycles. The van der Waals surface area contributed by atoms with Crippen molar-refractivity contribution in [1.29, 1.82) is 0 Å². The van der Waals surface area contributed by atoms with Crippen LogP contribution >= 0.6 is 0 Å². The van der Waals surface area contributed by atoms with E-state index in [2.05, 4.69) is 26.1 Å². The summed E-state index contributed by atoms with van der Waals surface area (Å²) in [6.45, 7) is 6.71. The van der Waals surface area contributed by atoms with Crippen molar-refractivity contribution in [3.63, 3.8) is 0 Å². The molecule has 0 aliphatic carbocycles. The third-order valence-electron chi connectivity index (χ3n) is 2.20. The summed E-state index contributed by atoms with van der Waals surface area (Å²) in [4.78, 5) is 11.6. The van der Waals surface area contributed by atoms with Gasteiger partial charge in [0.05, 0.1) is 12.1 Å². The lowest BCUT2D eigenvalue weighted by Gasteiger charge is -2.19. The second kappa shape index (κ2) is 3.76. The van der Waals surface area contributed by atoms with Gasteiger partial charge in [0.25, 0.3) is 0 Å². The van der Waals surface area contributed by atoms with Gasteiger partial charge in [-0.2, -0.15) is 0 Å². The van der Waals surface area contributed by atoms with Gasteiger partial charge in [0.2, 0.25) is 0 Å². The van der Waals surface area contributed by atoms with Gasteiger partial charge in [0.1, 0.15) is 5.78 Å². The molecule has 1 saturated heterocycles.